The molecule has 4 aromatic rings. The zero-order valence-corrected chi connectivity index (χ0v) is 29.6. The molecule has 1 heterocycles. The van der Waals surface area contributed by atoms with Gasteiger partial charge in [-0.1, -0.05) is 72.6 Å². The van der Waals surface area contributed by atoms with Gasteiger partial charge in [0.15, 0.2) is 5.78 Å². The van der Waals surface area contributed by atoms with Crippen LogP contribution in [0.1, 0.15) is 104 Å². The van der Waals surface area contributed by atoms with E-state index in [1.54, 1.807) is 0 Å². The predicted octanol–water partition coefficient (Wildman–Crippen LogP) is 11.3. The number of pyridine rings is 1. The van der Waals surface area contributed by atoms with Gasteiger partial charge in [-0.05, 0) is 84.4 Å². The third kappa shape index (κ3) is 7.98. The number of para-hydroxylation sites is 1. The topological polar surface area (TPSA) is 59.4 Å². The smallest absolute Gasteiger partial charge is 0.224 e. The maximum absolute atomic E-state index is 12.2. The van der Waals surface area contributed by atoms with Crippen LogP contribution in [0.25, 0.3) is 21.5 Å². The fourth-order valence-corrected chi connectivity index (χ4v) is 5.85. The molecule has 5 rings (SSSR count). The van der Waals surface area contributed by atoms with Gasteiger partial charge in [-0.3, -0.25) is 4.79 Å². The number of hydrogen-bond acceptors (Lipinski definition) is 4. The van der Waals surface area contributed by atoms with Crippen molar-refractivity contribution in [1.82, 2.24) is 4.98 Å². The van der Waals surface area contributed by atoms with Gasteiger partial charge in [-0.15, -0.1) is 12.1 Å². The Balaban J connectivity index is 0.000000260. The van der Waals surface area contributed by atoms with Crippen LogP contribution < -0.4 is 4.74 Å². The van der Waals surface area contributed by atoms with Crippen LogP contribution in [-0.4, -0.2) is 15.9 Å². The van der Waals surface area contributed by atoms with Crippen molar-refractivity contribution in [3.8, 4) is 11.6 Å². The van der Waals surface area contributed by atoms with E-state index >= 15 is 0 Å². The molecule has 0 amide bonds. The van der Waals surface area contributed by atoms with Gasteiger partial charge in [0.25, 0.3) is 0 Å². The van der Waals surface area contributed by atoms with Crippen LogP contribution in [0.3, 0.4) is 0 Å². The molecule has 0 saturated heterocycles. The quantitative estimate of drug-likeness (QED) is 0.0755. The standard InChI is InChI=1S/C24H20NO.C15H28O2.Ir/c1-2-10-20(11-3-1)26-24-23-16-18-9-6-12-21(17-7-4-5-8-17)22(18)15-19(23)13-14-25-24;1-7-14(5,8-2)12(16)11-13(17)15(6,9-3)10-4;/h1-3,6,9-10,12-17H,4-5,7-8H2;11,16H,7-10H2,1-6H3;/q-1;;/b;12-11-;. The molecule has 5 heteroatoms. The molecule has 1 aromatic heterocycles. The van der Waals surface area contributed by atoms with Crippen LogP contribution in [0.4, 0.5) is 0 Å². The van der Waals surface area contributed by atoms with E-state index in [0.717, 1.165) is 31.1 Å². The van der Waals surface area contributed by atoms with Crippen molar-refractivity contribution in [3.63, 3.8) is 0 Å². The Kier molecular flexibility index (Phi) is 12.8. The van der Waals surface area contributed by atoms with E-state index < -0.39 is 0 Å². The van der Waals surface area contributed by atoms with Crippen LogP contribution in [0.2, 0.25) is 0 Å². The van der Waals surface area contributed by atoms with Crippen molar-refractivity contribution in [2.45, 2.75) is 98.8 Å². The molecule has 3 aromatic carbocycles. The summed E-state index contributed by atoms with van der Waals surface area (Å²) in [6.45, 7) is 12.1. The van der Waals surface area contributed by atoms with Gasteiger partial charge in [0.05, 0.1) is 0 Å². The SMILES string of the molecule is CCC(C)(CC)C(=O)/C=C(\O)C(C)(CC)CC.[Ir].[c-]1ccccc1Oc1nccc2cc3c(C4CCCC4)cccc3cc12. The second-order valence-electron chi connectivity index (χ2n) is 12.5. The van der Waals surface area contributed by atoms with Crippen molar-refractivity contribution in [2.75, 3.05) is 0 Å². The number of hydrogen-bond donors (Lipinski definition) is 1. The molecule has 1 aliphatic carbocycles. The molecular formula is C39H48IrNO3-. The van der Waals surface area contributed by atoms with Crippen LogP contribution in [0.15, 0.2) is 78.7 Å². The summed E-state index contributed by atoms with van der Waals surface area (Å²) in [5.41, 5.74) is 0.895. The second kappa shape index (κ2) is 15.8. The van der Waals surface area contributed by atoms with Crippen LogP contribution in [0.5, 0.6) is 11.6 Å². The molecule has 1 saturated carbocycles. The molecule has 1 aliphatic rings. The summed E-state index contributed by atoms with van der Waals surface area (Å²) in [5, 5.41) is 15.0. The van der Waals surface area contributed by atoms with Gasteiger partial charge >= 0.3 is 0 Å². The number of aliphatic hydroxyl groups excluding tert-OH is 1. The number of carbonyl (C=O) groups excluding carboxylic acids is 1. The Bertz CT molecular complexity index is 1550. The van der Waals surface area contributed by atoms with Crippen LogP contribution in [-0.2, 0) is 24.9 Å². The van der Waals surface area contributed by atoms with E-state index in [1.165, 1.54) is 53.5 Å². The van der Waals surface area contributed by atoms with E-state index in [9.17, 15) is 9.90 Å². The molecule has 0 atom stereocenters. The molecule has 44 heavy (non-hydrogen) atoms. The first kappa shape index (κ1) is 35.5. The minimum absolute atomic E-state index is 0. The van der Waals surface area contributed by atoms with Gasteiger partial charge in [0.1, 0.15) is 5.76 Å². The van der Waals surface area contributed by atoms with Gasteiger partial charge in [-0.25, -0.2) is 4.98 Å². The zero-order valence-electron chi connectivity index (χ0n) is 27.2. The molecule has 1 radical (unpaired) electrons. The number of carbonyl (C=O) groups is 1. The maximum Gasteiger partial charge on any atom is 0.224 e. The summed E-state index contributed by atoms with van der Waals surface area (Å²) in [6.07, 6.45) is 11.9. The maximum atomic E-state index is 12.2. The Labute approximate surface area is 277 Å². The summed E-state index contributed by atoms with van der Waals surface area (Å²) in [7, 11) is 0. The normalized spacial score (nSPS) is 14.2. The van der Waals surface area contributed by atoms with Crippen molar-refractivity contribution in [1.29, 1.82) is 0 Å². The van der Waals surface area contributed by atoms with Crippen molar-refractivity contribution in [3.05, 3.63) is 90.3 Å². The molecule has 237 valence electrons. The summed E-state index contributed by atoms with van der Waals surface area (Å²) in [4.78, 5) is 16.6. The van der Waals surface area contributed by atoms with Crippen molar-refractivity contribution in [2.24, 2.45) is 10.8 Å². The van der Waals surface area contributed by atoms with E-state index in [1.807, 2.05) is 72.0 Å². The van der Waals surface area contributed by atoms with Crippen molar-refractivity contribution < 1.29 is 34.7 Å². The number of ketones is 1. The number of fused-ring (bicyclic) bond motifs is 2. The molecule has 0 spiro atoms. The molecular weight excluding hydrogens is 723 g/mol. The van der Waals surface area contributed by atoms with Gasteiger partial charge in [-0.2, -0.15) is 18.2 Å². The Morgan fingerprint density at radius 2 is 1.55 bits per heavy atom. The third-order valence-electron chi connectivity index (χ3n) is 10.0. The number of allylic oxidation sites excluding steroid dienone is 2. The predicted molar refractivity (Wildman–Crippen MR) is 179 cm³/mol. The number of aliphatic hydroxyl groups is 1. The molecule has 0 unspecified atom stereocenters. The first-order chi connectivity index (χ1) is 20.7. The monoisotopic (exact) mass is 771 g/mol. The molecule has 4 nitrogen and oxygen atoms in total. The van der Waals surface area contributed by atoms with Gasteiger partial charge in [0.2, 0.25) is 5.88 Å². The minimum Gasteiger partial charge on any atom is -0.512 e. The van der Waals surface area contributed by atoms with Gasteiger partial charge < -0.3 is 9.84 Å². The number of ether oxygens (including phenoxy) is 1. The number of benzene rings is 3. The first-order valence-electron chi connectivity index (χ1n) is 16.1. The Hall–Kier alpha value is -3.01. The zero-order chi connectivity index (χ0) is 31.0. The van der Waals surface area contributed by atoms with Crippen LogP contribution >= 0.6 is 0 Å². The second-order valence-corrected chi connectivity index (χ2v) is 12.5. The Morgan fingerprint density at radius 1 is 0.909 bits per heavy atom. The molecule has 1 N–H and O–H groups in total. The Morgan fingerprint density at radius 3 is 2.16 bits per heavy atom. The third-order valence-corrected chi connectivity index (χ3v) is 10.0. The molecule has 1 fully saturated rings. The summed E-state index contributed by atoms with van der Waals surface area (Å²) < 4.78 is 6.00. The van der Waals surface area contributed by atoms with E-state index in [4.69, 9.17) is 4.74 Å². The first-order valence-corrected chi connectivity index (χ1v) is 16.1. The fourth-order valence-electron chi connectivity index (χ4n) is 5.85. The van der Waals surface area contributed by atoms with E-state index in [-0.39, 0.29) is 42.5 Å². The molecule has 0 aliphatic heterocycles. The largest absolute Gasteiger partial charge is 0.512 e. The van der Waals surface area contributed by atoms with Crippen LogP contribution in [0, 0.1) is 16.9 Å². The average molecular weight is 771 g/mol. The van der Waals surface area contributed by atoms with Gasteiger partial charge in [0, 0.05) is 54.3 Å². The number of rotatable bonds is 10. The van der Waals surface area contributed by atoms with Crippen molar-refractivity contribution >= 4 is 27.3 Å². The summed E-state index contributed by atoms with van der Waals surface area (Å²) in [5.74, 6) is 2.31. The fraction of sp³-hybridized carbons (Fsp3) is 0.436. The summed E-state index contributed by atoms with van der Waals surface area (Å²) >= 11 is 0. The number of nitrogens with zero attached hydrogens (tertiary/aromatic N) is 1. The molecule has 0 bridgehead atoms. The number of aromatic nitrogens is 1. The minimum atomic E-state index is -0.337. The van der Waals surface area contributed by atoms with E-state index in [0.29, 0.717) is 17.5 Å². The summed E-state index contributed by atoms with van der Waals surface area (Å²) in [6, 6.07) is 24.0. The average Bonchev–Trinajstić information content (AvgIpc) is 3.59. The van der Waals surface area contributed by atoms with E-state index in [2.05, 4.69) is 47.4 Å².